The molecular formula is C33H58O4. The van der Waals surface area contributed by atoms with Crippen molar-refractivity contribution in [2.75, 3.05) is 13.2 Å². The molecule has 0 aliphatic heterocycles. The van der Waals surface area contributed by atoms with E-state index in [0.717, 1.165) is 31.3 Å². The number of carbonyl (C=O) groups is 2. The van der Waals surface area contributed by atoms with E-state index in [4.69, 9.17) is 9.47 Å². The summed E-state index contributed by atoms with van der Waals surface area (Å²) in [6.45, 7) is 9.35. The Morgan fingerprint density at radius 3 is 1.46 bits per heavy atom. The molecule has 1 aliphatic carbocycles. The van der Waals surface area contributed by atoms with Crippen molar-refractivity contribution in [2.24, 2.45) is 11.8 Å². The van der Waals surface area contributed by atoms with Crippen LogP contribution in [-0.4, -0.2) is 25.2 Å². The summed E-state index contributed by atoms with van der Waals surface area (Å²) in [7, 11) is 0. The zero-order valence-electron chi connectivity index (χ0n) is 24.4. The molecule has 0 saturated heterocycles. The minimum Gasteiger partial charge on any atom is -0.465 e. The van der Waals surface area contributed by atoms with Gasteiger partial charge in [-0.2, -0.15) is 0 Å². The summed E-state index contributed by atoms with van der Waals surface area (Å²) in [5.74, 6) is -1.67. The van der Waals surface area contributed by atoms with E-state index in [1.165, 1.54) is 103 Å². The van der Waals surface area contributed by atoms with E-state index >= 15 is 0 Å². The van der Waals surface area contributed by atoms with Gasteiger partial charge in [-0.05, 0) is 19.3 Å². The lowest BCUT2D eigenvalue weighted by Gasteiger charge is -2.25. The molecule has 2 atom stereocenters. The molecule has 0 fully saturated rings. The molecule has 0 spiro atoms. The van der Waals surface area contributed by atoms with Gasteiger partial charge in [-0.3, -0.25) is 9.59 Å². The van der Waals surface area contributed by atoms with Crippen LogP contribution in [0, 0.1) is 11.8 Å². The molecule has 1 aliphatic rings. The minimum atomic E-state index is -0.561. The molecule has 0 heterocycles. The van der Waals surface area contributed by atoms with E-state index in [1.54, 1.807) is 6.08 Å². The van der Waals surface area contributed by atoms with Gasteiger partial charge in [0.1, 0.15) is 0 Å². The van der Waals surface area contributed by atoms with Gasteiger partial charge < -0.3 is 9.47 Å². The lowest BCUT2D eigenvalue weighted by atomic mass is 9.82. The van der Waals surface area contributed by atoms with Gasteiger partial charge in [0.15, 0.2) is 0 Å². The van der Waals surface area contributed by atoms with Gasteiger partial charge in [-0.15, -0.1) is 0 Å². The van der Waals surface area contributed by atoms with Crippen LogP contribution >= 0.6 is 0 Å². The number of ether oxygens (including phenoxy) is 2. The lowest BCUT2D eigenvalue weighted by molar-refractivity contribution is -0.159. The monoisotopic (exact) mass is 518 g/mol. The summed E-state index contributed by atoms with van der Waals surface area (Å²) in [4.78, 5) is 25.5. The standard InChI is InChI=1S/C33H58O4/c1-4-6-8-10-12-14-16-18-20-22-26-36-32(34)30-25-24-29(3)28-31(30)33(35)37-27-23-21-19-17-15-13-11-9-7-5-2/h24-25,30-31H,3-23,26-28H2,1-2H3. The molecule has 0 aromatic carbocycles. The van der Waals surface area contributed by atoms with Gasteiger partial charge in [0.2, 0.25) is 0 Å². The van der Waals surface area contributed by atoms with E-state index in [9.17, 15) is 9.59 Å². The molecule has 2 unspecified atom stereocenters. The highest BCUT2D eigenvalue weighted by molar-refractivity contribution is 5.84. The van der Waals surface area contributed by atoms with Gasteiger partial charge in [-0.25, -0.2) is 0 Å². The van der Waals surface area contributed by atoms with Crippen LogP contribution in [0.25, 0.3) is 0 Å². The predicted octanol–water partition coefficient (Wildman–Crippen LogP) is 9.66. The van der Waals surface area contributed by atoms with Crippen molar-refractivity contribution < 1.29 is 19.1 Å². The Balaban J connectivity index is 2.17. The molecule has 4 nitrogen and oxygen atoms in total. The molecule has 0 aromatic heterocycles. The molecule has 0 bridgehead atoms. The number of allylic oxidation sites excluding steroid dienone is 2. The van der Waals surface area contributed by atoms with E-state index in [1.807, 2.05) is 6.08 Å². The highest BCUT2D eigenvalue weighted by atomic mass is 16.5. The summed E-state index contributed by atoms with van der Waals surface area (Å²) in [5.41, 5.74) is 0.861. The number of rotatable bonds is 24. The van der Waals surface area contributed by atoms with Crippen molar-refractivity contribution in [1.82, 2.24) is 0 Å². The fourth-order valence-electron chi connectivity index (χ4n) is 5.05. The van der Waals surface area contributed by atoms with Crippen LogP contribution in [0.3, 0.4) is 0 Å². The van der Waals surface area contributed by atoms with Crippen molar-refractivity contribution in [3.05, 3.63) is 24.3 Å². The zero-order valence-corrected chi connectivity index (χ0v) is 24.4. The maximum absolute atomic E-state index is 12.8. The van der Waals surface area contributed by atoms with Crippen LogP contribution in [-0.2, 0) is 19.1 Å². The van der Waals surface area contributed by atoms with Crippen molar-refractivity contribution in [2.45, 2.75) is 149 Å². The molecule has 1 rings (SSSR count). The van der Waals surface area contributed by atoms with Crippen LogP contribution in [0.1, 0.15) is 149 Å². The topological polar surface area (TPSA) is 52.6 Å². The normalized spacial score (nSPS) is 17.2. The Morgan fingerprint density at radius 1 is 0.649 bits per heavy atom. The first-order valence-corrected chi connectivity index (χ1v) is 15.8. The largest absolute Gasteiger partial charge is 0.465 e. The highest BCUT2D eigenvalue weighted by Crippen LogP contribution is 2.30. The fraction of sp³-hybridized carbons (Fsp3) is 0.818. The number of esters is 2. The van der Waals surface area contributed by atoms with Crippen LogP contribution in [0.5, 0.6) is 0 Å². The molecule has 0 amide bonds. The lowest BCUT2D eigenvalue weighted by Crippen LogP contribution is -2.33. The van der Waals surface area contributed by atoms with Gasteiger partial charge in [0, 0.05) is 0 Å². The summed E-state index contributed by atoms with van der Waals surface area (Å²) in [6.07, 6.45) is 29.0. The Kier molecular flexibility index (Phi) is 21.3. The number of unbranched alkanes of at least 4 members (excludes halogenated alkanes) is 18. The number of carbonyl (C=O) groups excluding carboxylic acids is 2. The van der Waals surface area contributed by atoms with Gasteiger partial charge in [0.25, 0.3) is 0 Å². The van der Waals surface area contributed by atoms with Gasteiger partial charge in [0.05, 0.1) is 25.0 Å². The van der Waals surface area contributed by atoms with Crippen molar-refractivity contribution in [3.63, 3.8) is 0 Å². The maximum Gasteiger partial charge on any atom is 0.313 e. The molecule has 0 aromatic rings. The highest BCUT2D eigenvalue weighted by Gasteiger charge is 2.36. The molecule has 0 saturated carbocycles. The predicted molar refractivity (Wildman–Crippen MR) is 155 cm³/mol. The van der Waals surface area contributed by atoms with Gasteiger partial charge in [-0.1, -0.05) is 154 Å². The quantitative estimate of drug-likeness (QED) is 0.0942. The molecular weight excluding hydrogens is 460 g/mol. The third-order valence-corrected chi connectivity index (χ3v) is 7.51. The first-order chi connectivity index (χ1) is 18.1. The smallest absolute Gasteiger partial charge is 0.313 e. The van der Waals surface area contributed by atoms with Crippen LogP contribution in [0.4, 0.5) is 0 Å². The van der Waals surface area contributed by atoms with Crippen LogP contribution in [0.2, 0.25) is 0 Å². The summed E-state index contributed by atoms with van der Waals surface area (Å²) >= 11 is 0. The average Bonchev–Trinajstić information content (AvgIpc) is 2.90. The second kappa shape index (κ2) is 23.5. The van der Waals surface area contributed by atoms with Crippen molar-refractivity contribution >= 4 is 11.9 Å². The van der Waals surface area contributed by atoms with Crippen LogP contribution < -0.4 is 0 Å². The fourth-order valence-corrected chi connectivity index (χ4v) is 5.05. The SMILES string of the molecule is C=C1C=CC(C(=O)OCCCCCCCCCCCC)C(C(=O)OCCCCCCCCCCCC)C1. The first kappa shape index (κ1) is 33.4. The Morgan fingerprint density at radius 2 is 1.03 bits per heavy atom. The third kappa shape index (κ3) is 17.5. The van der Waals surface area contributed by atoms with Crippen molar-refractivity contribution in [3.8, 4) is 0 Å². The minimum absolute atomic E-state index is 0.290. The molecule has 0 N–H and O–H groups in total. The molecule has 214 valence electrons. The zero-order chi connectivity index (χ0) is 27.0. The van der Waals surface area contributed by atoms with Gasteiger partial charge >= 0.3 is 11.9 Å². The maximum atomic E-state index is 12.8. The summed E-state index contributed by atoms with van der Waals surface area (Å²) < 4.78 is 11.1. The Hall–Kier alpha value is -1.58. The number of hydrogen-bond acceptors (Lipinski definition) is 4. The second-order valence-electron chi connectivity index (χ2n) is 11.1. The first-order valence-electron chi connectivity index (χ1n) is 15.8. The van der Waals surface area contributed by atoms with Crippen molar-refractivity contribution in [1.29, 1.82) is 0 Å². The second-order valence-corrected chi connectivity index (χ2v) is 11.1. The summed E-state index contributed by atoms with van der Waals surface area (Å²) in [5, 5.41) is 0. The Labute approximate surface area is 229 Å². The Bertz CT molecular complexity index is 624. The van der Waals surface area contributed by atoms with E-state index in [-0.39, 0.29) is 11.9 Å². The molecule has 0 radical (unpaired) electrons. The van der Waals surface area contributed by atoms with Crippen LogP contribution in [0.15, 0.2) is 24.3 Å². The van der Waals surface area contributed by atoms with E-state index in [0.29, 0.717) is 19.6 Å². The average molecular weight is 519 g/mol. The summed E-state index contributed by atoms with van der Waals surface area (Å²) in [6, 6.07) is 0. The van der Waals surface area contributed by atoms with E-state index in [2.05, 4.69) is 20.4 Å². The third-order valence-electron chi connectivity index (χ3n) is 7.51. The molecule has 4 heteroatoms. The molecule has 37 heavy (non-hydrogen) atoms. The number of hydrogen-bond donors (Lipinski definition) is 0. The van der Waals surface area contributed by atoms with E-state index < -0.39 is 11.8 Å².